The molecule has 3 rings (SSSR count). The van der Waals surface area contributed by atoms with Crippen molar-refractivity contribution in [2.45, 2.75) is 19.6 Å². The van der Waals surface area contributed by atoms with Crippen molar-refractivity contribution in [3.8, 4) is 28.7 Å². The summed E-state index contributed by atoms with van der Waals surface area (Å²) in [5, 5.41) is 12.8. The van der Waals surface area contributed by atoms with Crippen LogP contribution in [0.5, 0.6) is 11.5 Å². The summed E-state index contributed by atoms with van der Waals surface area (Å²) >= 11 is 0. The number of hydrogen-bond acceptors (Lipinski definition) is 5. The second-order valence-corrected chi connectivity index (χ2v) is 6.77. The van der Waals surface area contributed by atoms with Gasteiger partial charge in [-0.2, -0.15) is 18.4 Å². The molecule has 0 saturated heterocycles. The molecular weight excluding hydrogens is 407 g/mol. The Labute approximate surface area is 178 Å². The highest BCUT2D eigenvalue weighted by molar-refractivity contribution is 5.78. The maximum atomic E-state index is 13.0. The smallest absolute Gasteiger partial charge is 0.416 e. The van der Waals surface area contributed by atoms with E-state index in [-0.39, 0.29) is 12.1 Å². The number of rotatable bonds is 6. The number of alkyl halides is 3. The van der Waals surface area contributed by atoms with Crippen LogP contribution in [0.15, 0.2) is 48.5 Å². The van der Waals surface area contributed by atoms with Crippen molar-refractivity contribution >= 4 is 5.82 Å². The molecule has 0 amide bonds. The predicted molar refractivity (Wildman–Crippen MR) is 111 cm³/mol. The van der Waals surface area contributed by atoms with Gasteiger partial charge in [-0.3, -0.25) is 0 Å². The van der Waals surface area contributed by atoms with Crippen LogP contribution in [0.3, 0.4) is 0 Å². The van der Waals surface area contributed by atoms with Crippen LogP contribution in [0.4, 0.5) is 19.0 Å². The van der Waals surface area contributed by atoms with E-state index in [4.69, 9.17) is 9.47 Å². The standard InChI is InChI=1S/C23H20F3N3O2/c1-14-9-18(16-7-8-20(30-2)21(11-16)31-3)19(12-27)22(29-14)28-13-15-5-4-6-17(10-15)23(24,25)26/h4-11H,13H2,1-3H3,(H,28,29). The number of nitriles is 1. The molecule has 0 saturated carbocycles. The van der Waals surface area contributed by atoms with Gasteiger partial charge in [-0.1, -0.05) is 18.2 Å². The molecule has 0 atom stereocenters. The predicted octanol–water partition coefficient (Wildman–Crippen LogP) is 5.58. The number of anilines is 1. The molecular formula is C23H20F3N3O2. The Morgan fingerprint density at radius 2 is 1.77 bits per heavy atom. The Balaban J connectivity index is 1.97. The minimum atomic E-state index is -4.42. The average Bonchev–Trinajstić information content (AvgIpc) is 2.76. The third-order valence-corrected chi connectivity index (χ3v) is 4.67. The third kappa shape index (κ3) is 4.89. The second kappa shape index (κ2) is 8.96. The van der Waals surface area contributed by atoms with Gasteiger partial charge in [0, 0.05) is 17.8 Å². The van der Waals surface area contributed by atoms with E-state index in [0.717, 1.165) is 17.7 Å². The fourth-order valence-electron chi connectivity index (χ4n) is 3.19. The number of methoxy groups -OCH3 is 2. The van der Waals surface area contributed by atoms with Gasteiger partial charge < -0.3 is 14.8 Å². The fraction of sp³-hybridized carbons (Fsp3) is 0.217. The van der Waals surface area contributed by atoms with Crippen LogP contribution in [0.2, 0.25) is 0 Å². The zero-order valence-corrected chi connectivity index (χ0v) is 17.2. The normalized spacial score (nSPS) is 11.0. The number of benzene rings is 2. The van der Waals surface area contributed by atoms with Gasteiger partial charge in [0.2, 0.25) is 0 Å². The van der Waals surface area contributed by atoms with E-state index >= 15 is 0 Å². The van der Waals surface area contributed by atoms with Gasteiger partial charge in [0.1, 0.15) is 17.5 Å². The van der Waals surface area contributed by atoms with Gasteiger partial charge in [0.25, 0.3) is 0 Å². The van der Waals surface area contributed by atoms with Crippen molar-refractivity contribution in [2.24, 2.45) is 0 Å². The number of nitrogens with one attached hydrogen (secondary N) is 1. The lowest BCUT2D eigenvalue weighted by atomic mass is 9.99. The summed E-state index contributed by atoms with van der Waals surface area (Å²) in [6.07, 6.45) is -4.42. The summed E-state index contributed by atoms with van der Waals surface area (Å²) < 4.78 is 49.5. The van der Waals surface area contributed by atoms with Gasteiger partial charge in [-0.15, -0.1) is 0 Å². The van der Waals surface area contributed by atoms with E-state index in [0.29, 0.717) is 34.1 Å². The zero-order chi connectivity index (χ0) is 22.6. The molecule has 0 bridgehead atoms. The van der Waals surface area contributed by atoms with Gasteiger partial charge in [-0.05, 0) is 48.4 Å². The van der Waals surface area contributed by atoms with Crippen molar-refractivity contribution in [3.63, 3.8) is 0 Å². The molecule has 0 spiro atoms. The Hall–Kier alpha value is -3.73. The molecule has 160 valence electrons. The summed E-state index contributed by atoms with van der Waals surface area (Å²) in [6.45, 7) is 1.86. The molecule has 0 radical (unpaired) electrons. The number of aryl methyl sites for hydroxylation is 1. The number of nitrogens with zero attached hydrogens (tertiary/aromatic N) is 2. The summed E-state index contributed by atoms with van der Waals surface area (Å²) in [6, 6.07) is 14.2. The minimum Gasteiger partial charge on any atom is -0.493 e. The van der Waals surface area contributed by atoms with Crippen LogP contribution < -0.4 is 14.8 Å². The molecule has 3 aromatic rings. The first kappa shape index (κ1) is 22.0. The van der Waals surface area contributed by atoms with Gasteiger partial charge in [0.05, 0.1) is 19.8 Å². The molecule has 31 heavy (non-hydrogen) atoms. The number of ether oxygens (including phenoxy) is 2. The van der Waals surface area contributed by atoms with Crippen LogP contribution in [0, 0.1) is 18.3 Å². The molecule has 5 nitrogen and oxygen atoms in total. The van der Waals surface area contributed by atoms with Crippen molar-refractivity contribution in [2.75, 3.05) is 19.5 Å². The van der Waals surface area contributed by atoms with E-state index in [1.54, 1.807) is 37.3 Å². The Kier molecular flexibility index (Phi) is 6.35. The lowest BCUT2D eigenvalue weighted by molar-refractivity contribution is -0.137. The van der Waals surface area contributed by atoms with E-state index in [1.165, 1.54) is 20.3 Å². The Bertz CT molecular complexity index is 1140. The Morgan fingerprint density at radius 3 is 2.42 bits per heavy atom. The van der Waals surface area contributed by atoms with Crippen LogP contribution in [0.25, 0.3) is 11.1 Å². The van der Waals surface area contributed by atoms with Gasteiger partial charge >= 0.3 is 6.18 Å². The molecule has 0 unspecified atom stereocenters. The monoisotopic (exact) mass is 427 g/mol. The molecule has 1 aromatic heterocycles. The molecule has 2 aromatic carbocycles. The molecule has 8 heteroatoms. The number of hydrogen-bond donors (Lipinski definition) is 1. The van der Waals surface area contributed by atoms with E-state index < -0.39 is 11.7 Å². The van der Waals surface area contributed by atoms with Crippen LogP contribution >= 0.6 is 0 Å². The second-order valence-electron chi connectivity index (χ2n) is 6.77. The maximum Gasteiger partial charge on any atom is 0.416 e. The molecule has 0 fully saturated rings. The molecule has 0 aliphatic heterocycles. The topological polar surface area (TPSA) is 67.2 Å². The maximum absolute atomic E-state index is 13.0. The van der Waals surface area contributed by atoms with Crippen LogP contribution in [-0.2, 0) is 12.7 Å². The first-order chi connectivity index (χ1) is 14.8. The van der Waals surface area contributed by atoms with Crippen molar-refractivity contribution < 1.29 is 22.6 Å². The molecule has 1 heterocycles. The van der Waals surface area contributed by atoms with Gasteiger partial charge in [-0.25, -0.2) is 4.98 Å². The highest BCUT2D eigenvalue weighted by Gasteiger charge is 2.30. The summed E-state index contributed by atoms with van der Waals surface area (Å²) in [5.41, 5.74) is 1.98. The summed E-state index contributed by atoms with van der Waals surface area (Å²) in [7, 11) is 3.05. The van der Waals surface area contributed by atoms with Crippen molar-refractivity contribution in [3.05, 3.63) is 70.9 Å². The summed E-state index contributed by atoms with van der Waals surface area (Å²) in [5.74, 6) is 1.36. The van der Waals surface area contributed by atoms with E-state index in [9.17, 15) is 18.4 Å². The Morgan fingerprint density at radius 1 is 1.03 bits per heavy atom. The van der Waals surface area contributed by atoms with E-state index in [2.05, 4.69) is 16.4 Å². The highest BCUT2D eigenvalue weighted by atomic mass is 19.4. The first-order valence-electron chi connectivity index (χ1n) is 9.31. The van der Waals surface area contributed by atoms with Crippen LogP contribution in [-0.4, -0.2) is 19.2 Å². The number of halogens is 3. The van der Waals surface area contributed by atoms with E-state index in [1.807, 2.05) is 0 Å². The quantitative estimate of drug-likeness (QED) is 0.557. The average molecular weight is 427 g/mol. The lowest BCUT2D eigenvalue weighted by Gasteiger charge is -2.15. The zero-order valence-electron chi connectivity index (χ0n) is 17.2. The molecule has 0 aliphatic carbocycles. The SMILES string of the molecule is COc1ccc(-c2cc(C)nc(NCc3cccc(C(F)(F)F)c3)c2C#N)cc1OC. The molecule has 1 N–H and O–H groups in total. The van der Waals surface area contributed by atoms with Crippen LogP contribution in [0.1, 0.15) is 22.4 Å². The lowest BCUT2D eigenvalue weighted by Crippen LogP contribution is -2.08. The fourth-order valence-corrected chi connectivity index (χ4v) is 3.19. The number of pyridine rings is 1. The van der Waals surface area contributed by atoms with Crippen molar-refractivity contribution in [1.82, 2.24) is 4.98 Å². The molecule has 0 aliphatic rings. The largest absolute Gasteiger partial charge is 0.493 e. The minimum absolute atomic E-state index is 0.0838. The summed E-state index contributed by atoms with van der Waals surface area (Å²) in [4.78, 5) is 4.38. The first-order valence-corrected chi connectivity index (χ1v) is 9.31. The highest BCUT2D eigenvalue weighted by Crippen LogP contribution is 2.35. The van der Waals surface area contributed by atoms with Crippen molar-refractivity contribution in [1.29, 1.82) is 5.26 Å². The van der Waals surface area contributed by atoms with Gasteiger partial charge in [0.15, 0.2) is 11.5 Å². The number of aromatic nitrogens is 1. The third-order valence-electron chi connectivity index (χ3n) is 4.67.